The number of hydrogen-bond donors (Lipinski definition) is 0. The van der Waals surface area contributed by atoms with E-state index in [0.29, 0.717) is 18.0 Å². The third-order valence-electron chi connectivity index (χ3n) is 5.11. The Labute approximate surface area is 157 Å². The topological polar surface area (TPSA) is 81.7 Å². The van der Waals surface area contributed by atoms with Crippen molar-refractivity contribution in [3.8, 4) is 0 Å². The normalized spacial score (nSPS) is 15.2. The van der Waals surface area contributed by atoms with Gasteiger partial charge < -0.3 is 14.0 Å². The van der Waals surface area contributed by atoms with Gasteiger partial charge in [0.2, 0.25) is 0 Å². The van der Waals surface area contributed by atoms with Gasteiger partial charge in [-0.1, -0.05) is 0 Å². The van der Waals surface area contributed by atoms with E-state index < -0.39 is 0 Å². The molecule has 1 fully saturated rings. The number of amides is 1. The Morgan fingerprint density at radius 2 is 2.04 bits per heavy atom. The van der Waals surface area contributed by atoms with E-state index in [9.17, 15) is 4.79 Å². The maximum Gasteiger partial charge on any atom is 0.255 e. The van der Waals surface area contributed by atoms with Crippen LogP contribution in [0.15, 0.2) is 43.2 Å². The number of nitrogens with zero attached hydrogens (tertiary/aromatic N) is 7. The summed E-state index contributed by atoms with van der Waals surface area (Å²) in [5.74, 6) is 2.35. The van der Waals surface area contributed by atoms with E-state index in [2.05, 4.69) is 31.7 Å². The van der Waals surface area contributed by atoms with Crippen LogP contribution >= 0.6 is 0 Å². The second kappa shape index (κ2) is 7.69. The highest BCUT2D eigenvalue weighted by Gasteiger charge is 2.28. The van der Waals surface area contributed by atoms with Gasteiger partial charge in [0.15, 0.2) is 5.82 Å². The standard InChI is InChI=1S/C19H23N7O/c1-2-26-17(13-24-11-8-21-14-24)22-23-18(26)15-5-9-25(10-6-15)19(27)16-4-3-7-20-12-16/h3-4,7-8,11-12,14-15H,2,5-6,9-10,13H2,1H3. The lowest BCUT2D eigenvalue weighted by Gasteiger charge is -2.31. The van der Waals surface area contributed by atoms with Crippen molar-refractivity contribution in [2.45, 2.75) is 38.8 Å². The first kappa shape index (κ1) is 17.4. The molecule has 1 amide bonds. The molecular weight excluding hydrogens is 342 g/mol. The molecule has 0 atom stereocenters. The number of piperidine rings is 1. The third kappa shape index (κ3) is 3.60. The molecule has 0 radical (unpaired) electrons. The molecule has 3 aromatic heterocycles. The molecule has 8 nitrogen and oxygen atoms in total. The van der Waals surface area contributed by atoms with Crippen molar-refractivity contribution >= 4 is 5.91 Å². The van der Waals surface area contributed by atoms with E-state index in [0.717, 1.165) is 44.1 Å². The number of carbonyl (C=O) groups excluding carboxylic acids is 1. The van der Waals surface area contributed by atoms with E-state index in [4.69, 9.17) is 0 Å². The average Bonchev–Trinajstić information content (AvgIpc) is 3.38. The lowest BCUT2D eigenvalue weighted by atomic mass is 9.95. The molecule has 1 aliphatic heterocycles. The first-order valence-corrected chi connectivity index (χ1v) is 9.33. The Hall–Kier alpha value is -3.03. The molecule has 3 aromatic rings. The third-order valence-corrected chi connectivity index (χ3v) is 5.11. The van der Waals surface area contributed by atoms with Gasteiger partial charge in [0.25, 0.3) is 5.91 Å². The van der Waals surface area contributed by atoms with Gasteiger partial charge in [0.05, 0.1) is 18.4 Å². The van der Waals surface area contributed by atoms with E-state index in [1.54, 1.807) is 31.0 Å². The number of likely N-dealkylation sites (tertiary alicyclic amines) is 1. The number of rotatable bonds is 5. The summed E-state index contributed by atoms with van der Waals surface area (Å²) in [4.78, 5) is 22.6. The summed E-state index contributed by atoms with van der Waals surface area (Å²) in [6.45, 7) is 5.07. The molecule has 0 spiro atoms. The largest absolute Gasteiger partial charge is 0.339 e. The van der Waals surface area contributed by atoms with Gasteiger partial charge in [0, 0.05) is 50.3 Å². The van der Waals surface area contributed by atoms with E-state index in [1.165, 1.54) is 0 Å². The zero-order valence-corrected chi connectivity index (χ0v) is 15.4. The molecule has 1 aliphatic rings. The first-order chi connectivity index (χ1) is 13.3. The Morgan fingerprint density at radius 3 is 2.70 bits per heavy atom. The molecule has 0 saturated carbocycles. The summed E-state index contributed by atoms with van der Waals surface area (Å²) in [5.41, 5.74) is 0.648. The lowest BCUT2D eigenvalue weighted by Crippen LogP contribution is -2.38. The minimum Gasteiger partial charge on any atom is -0.339 e. The summed E-state index contributed by atoms with van der Waals surface area (Å²) in [6, 6.07) is 3.61. The van der Waals surface area contributed by atoms with Crippen LogP contribution < -0.4 is 0 Å². The Bertz CT molecular complexity index is 880. The minimum absolute atomic E-state index is 0.0549. The minimum atomic E-state index is 0.0549. The maximum absolute atomic E-state index is 12.6. The van der Waals surface area contributed by atoms with Crippen molar-refractivity contribution < 1.29 is 4.79 Å². The summed E-state index contributed by atoms with van der Waals surface area (Å²) in [6.07, 6.45) is 10.6. The molecule has 27 heavy (non-hydrogen) atoms. The van der Waals surface area contributed by atoms with Crippen LogP contribution in [0.3, 0.4) is 0 Å². The maximum atomic E-state index is 12.6. The fourth-order valence-corrected chi connectivity index (χ4v) is 3.67. The molecule has 8 heteroatoms. The van der Waals surface area contributed by atoms with E-state index in [1.807, 2.05) is 21.7 Å². The zero-order valence-electron chi connectivity index (χ0n) is 15.4. The van der Waals surface area contributed by atoms with Crippen LogP contribution in [0.25, 0.3) is 0 Å². The quantitative estimate of drug-likeness (QED) is 0.690. The van der Waals surface area contributed by atoms with Crippen LogP contribution in [0.1, 0.15) is 47.7 Å². The first-order valence-electron chi connectivity index (χ1n) is 9.33. The monoisotopic (exact) mass is 365 g/mol. The van der Waals surface area contributed by atoms with Crippen molar-refractivity contribution in [3.63, 3.8) is 0 Å². The Kier molecular flexibility index (Phi) is 4.95. The molecule has 0 unspecified atom stereocenters. The molecule has 0 aromatic carbocycles. The van der Waals surface area contributed by atoms with Crippen molar-refractivity contribution in [2.24, 2.45) is 0 Å². The lowest BCUT2D eigenvalue weighted by molar-refractivity contribution is 0.0709. The molecule has 4 heterocycles. The number of aromatic nitrogens is 6. The summed E-state index contributed by atoms with van der Waals surface area (Å²) < 4.78 is 4.19. The predicted molar refractivity (Wildman–Crippen MR) is 99.1 cm³/mol. The van der Waals surface area contributed by atoms with Crippen LogP contribution in [-0.4, -0.2) is 53.2 Å². The van der Waals surface area contributed by atoms with Crippen LogP contribution in [0.2, 0.25) is 0 Å². The van der Waals surface area contributed by atoms with Crippen LogP contribution in [0.5, 0.6) is 0 Å². The Balaban J connectivity index is 1.44. The second-order valence-electron chi connectivity index (χ2n) is 6.76. The second-order valence-corrected chi connectivity index (χ2v) is 6.76. The SMILES string of the molecule is CCn1c(Cn2ccnc2)nnc1C1CCN(C(=O)c2cccnc2)CC1. The number of hydrogen-bond acceptors (Lipinski definition) is 5. The average molecular weight is 365 g/mol. The van der Waals surface area contributed by atoms with Crippen molar-refractivity contribution in [1.29, 1.82) is 0 Å². The zero-order chi connectivity index (χ0) is 18.6. The smallest absolute Gasteiger partial charge is 0.255 e. The highest BCUT2D eigenvalue weighted by atomic mass is 16.2. The fraction of sp³-hybridized carbons (Fsp3) is 0.421. The Morgan fingerprint density at radius 1 is 1.19 bits per heavy atom. The van der Waals surface area contributed by atoms with Gasteiger partial charge in [-0.15, -0.1) is 10.2 Å². The molecular formula is C19H23N7O. The molecule has 1 saturated heterocycles. The van der Waals surface area contributed by atoms with Crippen LogP contribution in [0.4, 0.5) is 0 Å². The van der Waals surface area contributed by atoms with Gasteiger partial charge >= 0.3 is 0 Å². The number of pyridine rings is 1. The van der Waals surface area contributed by atoms with E-state index in [-0.39, 0.29) is 5.91 Å². The predicted octanol–water partition coefficient (Wildman–Crippen LogP) is 1.96. The van der Waals surface area contributed by atoms with Crippen molar-refractivity contribution in [3.05, 3.63) is 60.5 Å². The summed E-state index contributed by atoms with van der Waals surface area (Å²) >= 11 is 0. The van der Waals surface area contributed by atoms with Crippen molar-refractivity contribution in [1.82, 2.24) is 34.2 Å². The fourth-order valence-electron chi connectivity index (χ4n) is 3.67. The number of imidazole rings is 1. The van der Waals surface area contributed by atoms with Crippen LogP contribution in [-0.2, 0) is 13.1 Å². The summed E-state index contributed by atoms with van der Waals surface area (Å²) in [7, 11) is 0. The van der Waals surface area contributed by atoms with E-state index >= 15 is 0 Å². The molecule has 140 valence electrons. The van der Waals surface area contributed by atoms with Crippen LogP contribution in [0, 0.1) is 0 Å². The molecule has 4 rings (SSSR count). The molecule has 0 aliphatic carbocycles. The molecule has 0 bridgehead atoms. The van der Waals surface area contributed by atoms with Gasteiger partial charge in [-0.3, -0.25) is 9.78 Å². The number of carbonyl (C=O) groups is 1. The van der Waals surface area contributed by atoms with Gasteiger partial charge in [0.1, 0.15) is 5.82 Å². The summed E-state index contributed by atoms with van der Waals surface area (Å²) in [5, 5.41) is 8.90. The van der Waals surface area contributed by atoms with Gasteiger partial charge in [-0.2, -0.15) is 0 Å². The highest BCUT2D eigenvalue weighted by Crippen LogP contribution is 2.28. The highest BCUT2D eigenvalue weighted by molar-refractivity contribution is 5.93. The van der Waals surface area contributed by atoms with Gasteiger partial charge in [-0.05, 0) is 31.9 Å². The van der Waals surface area contributed by atoms with Crippen molar-refractivity contribution in [2.75, 3.05) is 13.1 Å². The molecule has 0 N–H and O–H groups in total. The van der Waals surface area contributed by atoms with Gasteiger partial charge in [-0.25, -0.2) is 4.98 Å².